The highest BCUT2D eigenvalue weighted by Gasteiger charge is 2.22. The van der Waals surface area contributed by atoms with Crippen molar-refractivity contribution in [1.29, 1.82) is 0 Å². The minimum atomic E-state index is -1.39. The molecule has 0 aliphatic heterocycles. The molecule has 1 amide bonds. The first-order chi connectivity index (χ1) is 7.82. The number of halogens is 3. The summed E-state index contributed by atoms with van der Waals surface area (Å²) in [5.74, 6) is -6.56. The van der Waals surface area contributed by atoms with Gasteiger partial charge in [0.15, 0.2) is 0 Å². The van der Waals surface area contributed by atoms with E-state index in [2.05, 4.69) is 0 Å². The van der Waals surface area contributed by atoms with Crippen LogP contribution in [0, 0.1) is 17.5 Å². The lowest BCUT2D eigenvalue weighted by Crippen LogP contribution is -2.39. The number of carboxylic acid groups (broad SMARTS) is 1. The van der Waals surface area contributed by atoms with Gasteiger partial charge in [-0.15, -0.1) is 0 Å². The van der Waals surface area contributed by atoms with Crippen LogP contribution in [-0.2, 0) is 4.79 Å². The molecule has 0 bridgehead atoms. The third-order valence-electron chi connectivity index (χ3n) is 1.95. The second-order valence-corrected chi connectivity index (χ2v) is 3.28. The van der Waals surface area contributed by atoms with Gasteiger partial charge >= 0.3 is 5.97 Å². The van der Waals surface area contributed by atoms with E-state index in [1.807, 2.05) is 5.32 Å². The lowest BCUT2D eigenvalue weighted by molar-refractivity contribution is -0.138. The molecule has 1 aromatic rings. The van der Waals surface area contributed by atoms with E-state index in [0.29, 0.717) is 12.1 Å². The highest BCUT2D eigenvalue weighted by atomic mass is 19.1. The molecule has 0 aliphatic carbocycles. The average molecular weight is 247 g/mol. The molecule has 0 unspecified atom stereocenters. The highest BCUT2D eigenvalue weighted by molar-refractivity contribution is 5.96. The second kappa shape index (κ2) is 4.86. The van der Waals surface area contributed by atoms with Crippen LogP contribution in [-0.4, -0.2) is 23.0 Å². The van der Waals surface area contributed by atoms with Crippen LogP contribution in [0.25, 0.3) is 0 Å². The van der Waals surface area contributed by atoms with Crippen LogP contribution in [0.3, 0.4) is 0 Å². The topological polar surface area (TPSA) is 66.4 Å². The van der Waals surface area contributed by atoms with E-state index in [9.17, 15) is 22.8 Å². The largest absolute Gasteiger partial charge is 0.480 e. The molecule has 0 fully saturated rings. The van der Waals surface area contributed by atoms with Crippen molar-refractivity contribution in [3.05, 3.63) is 35.1 Å². The third-order valence-corrected chi connectivity index (χ3v) is 1.95. The molecule has 92 valence electrons. The van der Waals surface area contributed by atoms with Crippen molar-refractivity contribution in [2.24, 2.45) is 0 Å². The zero-order chi connectivity index (χ0) is 13.2. The fourth-order valence-corrected chi connectivity index (χ4v) is 1.09. The average Bonchev–Trinajstić information content (AvgIpc) is 2.15. The number of carboxylic acids is 1. The fraction of sp³-hybridized carbons (Fsp3) is 0.200. The van der Waals surface area contributed by atoms with Crippen LogP contribution in [0.5, 0.6) is 0 Å². The van der Waals surface area contributed by atoms with E-state index in [4.69, 9.17) is 5.11 Å². The van der Waals surface area contributed by atoms with E-state index in [-0.39, 0.29) is 0 Å². The molecule has 0 aromatic heterocycles. The van der Waals surface area contributed by atoms with Crippen LogP contribution < -0.4 is 5.32 Å². The van der Waals surface area contributed by atoms with E-state index in [1.165, 1.54) is 0 Å². The maximum atomic E-state index is 13.1. The Morgan fingerprint density at radius 3 is 2.12 bits per heavy atom. The molecule has 7 heteroatoms. The van der Waals surface area contributed by atoms with Gasteiger partial charge in [-0.25, -0.2) is 13.2 Å². The Morgan fingerprint density at radius 2 is 1.71 bits per heavy atom. The first kappa shape index (κ1) is 13.0. The summed E-state index contributed by atoms with van der Waals surface area (Å²) < 4.78 is 38.8. The van der Waals surface area contributed by atoms with Crippen LogP contribution >= 0.6 is 0 Å². The second-order valence-electron chi connectivity index (χ2n) is 3.28. The van der Waals surface area contributed by atoms with Crippen molar-refractivity contribution < 1.29 is 27.9 Å². The van der Waals surface area contributed by atoms with Gasteiger partial charge in [0.2, 0.25) is 0 Å². The van der Waals surface area contributed by atoms with Gasteiger partial charge in [0, 0.05) is 12.1 Å². The van der Waals surface area contributed by atoms with Crippen molar-refractivity contribution in [2.75, 3.05) is 0 Å². The lowest BCUT2D eigenvalue weighted by Gasteiger charge is -2.10. The standard InChI is InChI=1S/C10H8F3NO3/c1-4(10(16)17)14-9(15)8-6(12)2-5(11)3-7(8)13/h2-4H,1H3,(H,14,15)(H,16,17)/t4-/m0/s1. The molecule has 0 saturated heterocycles. The van der Waals surface area contributed by atoms with Crippen LogP contribution in [0.1, 0.15) is 17.3 Å². The molecule has 0 heterocycles. The summed E-state index contributed by atoms with van der Waals surface area (Å²) in [4.78, 5) is 21.8. The lowest BCUT2D eigenvalue weighted by atomic mass is 10.1. The normalized spacial score (nSPS) is 12.0. The first-order valence-corrected chi connectivity index (χ1v) is 4.51. The van der Waals surface area contributed by atoms with Crippen LogP contribution in [0.4, 0.5) is 13.2 Å². The zero-order valence-corrected chi connectivity index (χ0v) is 8.63. The van der Waals surface area contributed by atoms with Crippen LogP contribution in [0.15, 0.2) is 12.1 Å². The molecule has 1 atom stereocenters. The number of rotatable bonds is 3. The Bertz CT molecular complexity index is 453. The predicted molar refractivity (Wildman–Crippen MR) is 50.9 cm³/mol. The minimum Gasteiger partial charge on any atom is -0.480 e. The van der Waals surface area contributed by atoms with Gasteiger partial charge in [-0.3, -0.25) is 9.59 Å². The van der Waals surface area contributed by atoms with Gasteiger partial charge in [0.25, 0.3) is 5.91 Å². The molecular weight excluding hydrogens is 239 g/mol. The minimum absolute atomic E-state index is 0.337. The van der Waals surface area contributed by atoms with Gasteiger partial charge in [0.05, 0.1) is 0 Å². The van der Waals surface area contributed by atoms with Gasteiger partial charge in [-0.1, -0.05) is 0 Å². The summed E-state index contributed by atoms with van der Waals surface area (Å²) in [5.41, 5.74) is -1.01. The van der Waals surface area contributed by atoms with Gasteiger partial charge in [0.1, 0.15) is 29.1 Å². The Hall–Kier alpha value is -2.05. The number of carbonyl (C=O) groups is 2. The molecule has 2 N–H and O–H groups in total. The van der Waals surface area contributed by atoms with Gasteiger partial charge in [-0.05, 0) is 6.92 Å². The summed E-state index contributed by atoms with van der Waals surface area (Å²) in [6.45, 7) is 1.12. The van der Waals surface area contributed by atoms with Crippen molar-refractivity contribution in [2.45, 2.75) is 13.0 Å². The molecule has 17 heavy (non-hydrogen) atoms. The first-order valence-electron chi connectivity index (χ1n) is 4.51. The van der Waals surface area contributed by atoms with E-state index in [0.717, 1.165) is 6.92 Å². The van der Waals surface area contributed by atoms with Crippen LogP contribution in [0.2, 0.25) is 0 Å². The molecule has 1 rings (SSSR count). The van der Waals surface area contributed by atoms with E-state index in [1.54, 1.807) is 0 Å². The maximum absolute atomic E-state index is 13.1. The van der Waals surface area contributed by atoms with Crippen molar-refractivity contribution in [3.63, 3.8) is 0 Å². The Balaban J connectivity index is 3.01. The van der Waals surface area contributed by atoms with Gasteiger partial charge in [-0.2, -0.15) is 0 Å². The quantitative estimate of drug-likeness (QED) is 0.846. The molecule has 0 radical (unpaired) electrons. The summed E-state index contributed by atoms with van der Waals surface area (Å²) in [5, 5.41) is 10.4. The predicted octanol–water partition coefficient (Wildman–Crippen LogP) is 1.31. The Morgan fingerprint density at radius 1 is 1.24 bits per heavy atom. The number of hydrogen-bond donors (Lipinski definition) is 2. The maximum Gasteiger partial charge on any atom is 0.325 e. The Kier molecular flexibility index (Phi) is 3.72. The number of aliphatic carboxylic acids is 1. The Labute approximate surface area is 94.1 Å². The SMILES string of the molecule is C[C@H](NC(=O)c1c(F)cc(F)cc1F)C(=O)O. The fourth-order valence-electron chi connectivity index (χ4n) is 1.09. The summed E-state index contributed by atoms with van der Waals surface area (Å²) in [6, 6.07) is -0.640. The van der Waals surface area contributed by atoms with Crippen molar-refractivity contribution >= 4 is 11.9 Å². The molecule has 4 nitrogen and oxygen atoms in total. The number of benzene rings is 1. The molecule has 1 aromatic carbocycles. The van der Waals surface area contributed by atoms with Crippen molar-refractivity contribution in [1.82, 2.24) is 5.32 Å². The zero-order valence-electron chi connectivity index (χ0n) is 8.63. The highest BCUT2D eigenvalue weighted by Crippen LogP contribution is 2.14. The van der Waals surface area contributed by atoms with Gasteiger partial charge < -0.3 is 10.4 Å². The monoisotopic (exact) mass is 247 g/mol. The molecule has 0 saturated carbocycles. The third kappa shape index (κ3) is 2.96. The van der Waals surface area contributed by atoms with E-state index < -0.39 is 40.9 Å². The smallest absolute Gasteiger partial charge is 0.325 e. The molecule has 0 aliphatic rings. The van der Waals surface area contributed by atoms with E-state index >= 15 is 0 Å². The summed E-state index contributed by atoms with van der Waals surface area (Å²) in [6.07, 6.45) is 0. The number of carbonyl (C=O) groups excluding carboxylic acids is 1. The molecule has 0 spiro atoms. The number of nitrogens with one attached hydrogen (secondary N) is 1. The number of amides is 1. The van der Waals surface area contributed by atoms with Crippen molar-refractivity contribution in [3.8, 4) is 0 Å². The summed E-state index contributed by atoms with van der Waals surface area (Å²) in [7, 11) is 0. The molecular formula is C10H8F3NO3. The summed E-state index contributed by atoms with van der Waals surface area (Å²) >= 11 is 0. The number of hydrogen-bond acceptors (Lipinski definition) is 2.